The van der Waals surface area contributed by atoms with Crippen molar-refractivity contribution in [1.29, 1.82) is 5.26 Å². The smallest absolute Gasteiger partial charge is 0.244 e. The Labute approximate surface area is 186 Å². The number of hydrogen-bond acceptors (Lipinski definition) is 6. The summed E-state index contributed by atoms with van der Waals surface area (Å²) < 4.78 is 32.9. The highest BCUT2D eigenvalue weighted by Crippen LogP contribution is 2.31. The SMILES string of the molecule is N#Cc1ccccc1S(=O)(=O)N1CCN(C(=O)CN2C(=O)CCOc3ccccc32)CC1. The van der Waals surface area contributed by atoms with Crippen molar-refractivity contribution in [2.24, 2.45) is 0 Å². The van der Waals surface area contributed by atoms with Crippen molar-refractivity contribution in [2.75, 3.05) is 44.2 Å². The van der Waals surface area contributed by atoms with Crippen LogP contribution in [0.5, 0.6) is 5.75 Å². The zero-order valence-electron chi connectivity index (χ0n) is 17.3. The number of amides is 2. The molecule has 0 saturated carbocycles. The first-order chi connectivity index (χ1) is 15.4. The maximum atomic E-state index is 13.0. The van der Waals surface area contributed by atoms with E-state index in [0.717, 1.165) is 0 Å². The van der Waals surface area contributed by atoms with Gasteiger partial charge in [0, 0.05) is 26.2 Å². The summed E-state index contributed by atoms with van der Waals surface area (Å²) in [6.07, 6.45) is 0.173. The van der Waals surface area contributed by atoms with Gasteiger partial charge in [-0.3, -0.25) is 14.5 Å². The van der Waals surface area contributed by atoms with Gasteiger partial charge in [-0.25, -0.2) is 8.42 Å². The number of rotatable bonds is 4. The monoisotopic (exact) mass is 454 g/mol. The number of sulfonamides is 1. The van der Waals surface area contributed by atoms with Crippen LogP contribution < -0.4 is 9.64 Å². The molecule has 2 aliphatic heterocycles. The van der Waals surface area contributed by atoms with E-state index in [4.69, 9.17) is 4.74 Å². The summed E-state index contributed by atoms with van der Waals surface area (Å²) in [5.41, 5.74) is 0.643. The fraction of sp³-hybridized carbons (Fsp3) is 0.318. The van der Waals surface area contributed by atoms with Crippen LogP contribution in [-0.2, 0) is 19.6 Å². The van der Waals surface area contributed by atoms with Gasteiger partial charge in [0.2, 0.25) is 21.8 Å². The number of carbonyl (C=O) groups excluding carboxylic acids is 2. The topological polar surface area (TPSA) is 111 Å². The van der Waals surface area contributed by atoms with Crippen molar-refractivity contribution in [2.45, 2.75) is 11.3 Å². The molecule has 32 heavy (non-hydrogen) atoms. The second-order valence-electron chi connectivity index (χ2n) is 7.44. The molecule has 0 N–H and O–H groups in total. The van der Waals surface area contributed by atoms with E-state index in [-0.39, 0.29) is 68.0 Å². The van der Waals surface area contributed by atoms with E-state index in [2.05, 4.69) is 0 Å². The molecule has 2 amide bonds. The molecule has 2 aromatic carbocycles. The number of hydrogen-bond donors (Lipinski definition) is 0. The van der Waals surface area contributed by atoms with E-state index in [1.165, 1.54) is 21.3 Å². The highest BCUT2D eigenvalue weighted by molar-refractivity contribution is 7.89. The minimum absolute atomic E-state index is 0.0333. The molecule has 0 bridgehead atoms. The second kappa shape index (κ2) is 8.98. The Balaban J connectivity index is 1.44. The average molecular weight is 455 g/mol. The number of ether oxygens (including phenoxy) is 1. The van der Waals surface area contributed by atoms with Crippen LogP contribution in [0.25, 0.3) is 0 Å². The maximum Gasteiger partial charge on any atom is 0.244 e. The summed E-state index contributed by atoms with van der Waals surface area (Å²) in [4.78, 5) is 28.5. The number of nitriles is 1. The predicted molar refractivity (Wildman–Crippen MR) is 115 cm³/mol. The van der Waals surface area contributed by atoms with E-state index < -0.39 is 10.0 Å². The molecule has 9 nitrogen and oxygen atoms in total. The molecule has 0 radical (unpaired) electrons. The fourth-order valence-electron chi connectivity index (χ4n) is 3.83. The molecule has 0 spiro atoms. The van der Waals surface area contributed by atoms with Gasteiger partial charge in [0.15, 0.2) is 0 Å². The van der Waals surface area contributed by atoms with Crippen molar-refractivity contribution in [3.05, 3.63) is 54.1 Å². The third-order valence-corrected chi connectivity index (χ3v) is 7.50. The number of para-hydroxylation sites is 2. The summed E-state index contributed by atoms with van der Waals surface area (Å²) in [5.74, 6) is 0.0976. The normalized spacial score (nSPS) is 17.2. The van der Waals surface area contributed by atoms with E-state index >= 15 is 0 Å². The first kappa shape index (κ1) is 21.8. The van der Waals surface area contributed by atoms with Gasteiger partial charge >= 0.3 is 0 Å². The summed E-state index contributed by atoms with van der Waals surface area (Å²) in [7, 11) is -3.84. The molecule has 4 rings (SSSR count). The predicted octanol–water partition coefficient (Wildman–Crippen LogP) is 1.21. The molecule has 0 aromatic heterocycles. The first-order valence-electron chi connectivity index (χ1n) is 10.2. The molecule has 0 atom stereocenters. The Morgan fingerprint density at radius 1 is 1.03 bits per heavy atom. The molecule has 1 fully saturated rings. The summed E-state index contributed by atoms with van der Waals surface area (Å²) in [6.45, 7) is 0.743. The van der Waals surface area contributed by atoms with E-state index in [1.54, 1.807) is 41.3 Å². The van der Waals surface area contributed by atoms with Crippen LogP contribution in [0.15, 0.2) is 53.4 Å². The third-order valence-electron chi connectivity index (χ3n) is 5.54. The standard InChI is InChI=1S/C22H22N4O5S/c23-15-17-5-1-4-8-20(17)32(29,30)25-12-10-24(11-13-25)22(28)16-26-18-6-2-3-7-19(18)31-14-9-21(26)27/h1-8H,9-14,16H2. The Bertz CT molecular complexity index is 1180. The lowest BCUT2D eigenvalue weighted by Gasteiger charge is -2.35. The number of nitrogens with zero attached hydrogens (tertiary/aromatic N) is 4. The molecular weight excluding hydrogens is 432 g/mol. The quantitative estimate of drug-likeness (QED) is 0.687. The molecule has 10 heteroatoms. The van der Waals surface area contributed by atoms with E-state index in [1.807, 2.05) is 6.07 Å². The molecule has 0 aliphatic carbocycles. The molecule has 2 heterocycles. The Morgan fingerprint density at radius 2 is 1.72 bits per heavy atom. The van der Waals surface area contributed by atoms with Crippen LogP contribution in [0.1, 0.15) is 12.0 Å². The molecule has 2 aromatic rings. The van der Waals surface area contributed by atoms with Crippen LogP contribution in [0.4, 0.5) is 5.69 Å². The Kier molecular flexibility index (Phi) is 6.12. The number of benzene rings is 2. The molecule has 1 saturated heterocycles. The van der Waals surface area contributed by atoms with Gasteiger partial charge in [0.05, 0.1) is 29.2 Å². The van der Waals surface area contributed by atoms with Crippen LogP contribution in [0.2, 0.25) is 0 Å². The van der Waals surface area contributed by atoms with E-state index in [0.29, 0.717) is 11.4 Å². The van der Waals surface area contributed by atoms with Crippen molar-refractivity contribution < 1.29 is 22.7 Å². The molecular formula is C22H22N4O5S. The summed E-state index contributed by atoms with van der Waals surface area (Å²) in [6, 6.07) is 15.1. The largest absolute Gasteiger partial charge is 0.491 e. The van der Waals surface area contributed by atoms with Gasteiger partial charge in [-0.15, -0.1) is 0 Å². The van der Waals surface area contributed by atoms with Gasteiger partial charge < -0.3 is 9.64 Å². The summed E-state index contributed by atoms with van der Waals surface area (Å²) in [5, 5.41) is 9.23. The Hall–Kier alpha value is -3.42. The number of anilines is 1. The minimum Gasteiger partial charge on any atom is -0.491 e. The zero-order valence-corrected chi connectivity index (χ0v) is 18.1. The van der Waals surface area contributed by atoms with Crippen LogP contribution >= 0.6 is 0 Å². The van der Waals surface area contributed by atoms with Crippen molar-refractivity contribution in [3.63, 3.8) is 0 Å². The number of piperazine rings is 1. The summed E-state index contributed by atoms with van der Waals surface area (Å²) >= 11 is 0. The van der Waals surface area contributed by atoms with Gasteiger partial charge in [0.1, 0.15) is 18.4 Å². The van der Waals surface area contributed by atoms with Crippen LogP contribution in [-0.4, -0.2) is 68.8 Å². The molecule has 166 valence electrons. The lowest BCUT2D eigenvalue weighted by Crippen LogP contribution is -2.53. The van der Waals surface area contributed by atoms with E-state index in [9.17, 15) is 23.3 Å². The van der Waals surface area contributed by atoms with Crippen LogP contribution in [0, 0.1) is 11.3 Å². The lowest BCUT2D eigenvalue weighted by atomic mass is 10.2. The zero-order chi connectivity index (χ0) is 22.7. The average Bonchev–Trinajstić information content (AvgIpc) is 2.97. The number of fused-ring (bicyclic) bond motifs is 1. The van der Waals surface area contributed by atoms with Crippen molar-refractivity contribution in [3.8, 4) is 11.8 Å². The fourth-order valence-corrected chi connectivity index (χ4v) is 5.39. The second-order valence-corrected chi connectivity index (χ2v) is 9.35. The first-order valence-corrected chi connectivity index (χ1v) is 11.6. The van der Waals surface area contributed by atoms with Gasteiger partial charge in [-0.1, -0.05) is 24.3 Å². The maximum absolute atomic E-state index is 13.0. The third kappa shape index (κ3) is 4.17. The van der Waals surface area contributed by atoms with Crippen molar-refractivity contribution in [1.82, 2.24) is 9.21 Å². The highest BCUT2D eigenvalue weighted by Gasteiger charge is 2.33. The van der Waals surface area contributed by atoms with Gasteiger partial charge in [0.25, 0.3) is 0 Å². The molecule has 2 aliphatic rings. The Morgan fingerprint density at radius 3 is 2.47 bits per heavy atom. The van der Waals surface area contributed by atoms with Gasteiger partial charge in [-0.05, 0) is 24.3 Å². The van der Waals surface area contributed by atoms with Gasteiger partial charge in [-0.2, -0.15) is 9.57 Å². The highest BCUT2D eigenvalue weighted by atomic mass is 32.2. The van der Waals surface area contributed by atoms with Crippen LogP contribution in [0.3, 0.4) is 0 Å². The lowest BCUT2D eigenvalue weighted by molar-refractivity contribution is -0.132. The number of carbonyl (C=O) groups is 2. The van der Waals surface area contributed by atoms with Crippen molar-refractivity contribution >= 4 is 27.5 Å². The molecule has 0 unspecified atom stereocenters. The minimum atomic E-state index is -3.84.